The molecule has 18 heavy (non-hydrogen) atoms. The number of carbonyl (C=O) groups is 1. The Kier molecular flexibility index (Phi) is 3.24. The van der Waals surface area contributed by atoms with Crippen molar-refractivity contribution in [1.82, 2.24) is 4.90 Å². The number of rotatable bonds is 2. The Morgan fingerprint density at radius 2 is 2.39 bits per heavy atom. The lowest BCUT2D eigenvalue weighted by atomic mass is 10.1. The first-order valence-corrected chi connectivity index (χ1v) is 5.64. The number of carboxylic acid groups (broad SMARTS) is 1. The molecule has 1 amide bonds. The lowest BCUT2D eigenvalue weighted by Crippen LogP contribution is -2.30. The van der Waals surface area contributed by atoms with E-state index in [0.717, 1.165) is 12.1 Å². The second-order valence-corrected chi connectivity index (χ2v) is 4.27. The third-order valence-electron chi connectivity index (χ3n) is 3.00. The minimum absolute atomic E-state index is 0.0661. The third kappa shape index (κ3) is 2.46. The fourth-order valence-corrected chi connectivity index (χ4v) is 2.04. The predicted molar refractivity (Wildman–Crippen MR) is 67.2 cm³/mol. The molecule has 1 aliphatic rings. The minimum Gasteiger partial charge on any atom is -0.465 e. The number of likely N-dealkylation sites (tertiary alicyclic amines) is 1. The molecule has 1 fully saturated rings. The van der Waals surface area contributed by atoms with E-state index in [9.17, 15) is 4.79 Å². The van der Waals surface area contributed by atoms with Crippen LogP contribution in [0.1, 0.15) is 12.0 Å². The van der Waals surface area contributed by atoms with Crippen molar-refractivity contribution >= 4 is 17.5 Å². The van der Waals surface area contributed by atoms with Crippen molar-refractivity contribution < 1.29 is 9.90 Å². The van der Waals surface area contributed by atoms with Crippen molar-refractivity contribution in [3.8, 4) is 6.07 Å². The smallest absolute Gasteiger partial charge is 0.407 e. The second kappa shape index (κ2) is 4.84. The van der Waals surface area contributed by atoms with E-state index in [1.165, 1.54) is 4.90 Å². The van der Waals surface area contributed by atoms with Crippen LogP contribution in [0.5, 0.6) is 0 Å². The largest absolute Gasteiger partial charge is 0.465 e. The molecule has 0 aliphatic carbocycles. The Labute approximate surface area is 105 Å². The van der Waals surface area contributed by atoms with Crippen LogP contribution in [-0.4, -0.2) is 35.2 Å². The van der Waals surface area contributed by atoms with Crippen molar-refractivity contribution in [2.45, 2.75) is 12.5 Å². The summed E-state index contributed by atoms with van der Waals surface area (Å²) in [5, 5.41) is 20.8. The van der Waals surface area contributed by atoms with Gasteiger partial charge in [-0.2, -0.15) is 5.26 Å². The Hall–Kier alpha value is -2.42. The Bertz CT molecular complexity index is 509. The number of hydrogen-bond donors (Lipinski definition) is 3. The lowest BCUT2D eigenvalue weighted by molar-refractivity contribution is 0.155. The quantitative estimate of drug-likeness (QED) is 0.683. The molecule has 1 aromatic carbocycles. The van der Waals surface area contributed by atoms with Gasteiger partial charge in [0.25, 0.3) is 0 Å². The van der Waals surface area contributed by atoms with Crippen molar-refractivity contribution in [2.24, 2.45) is 0 Å². The summed E-state index contributed by atoms with van der Waals surface area (Å²) in [7, 11) is 0. The zero-order valence-corrected chi connectivity index (χ0v) is 9.76. The van der Waals surface area contributed by atoms with Gasteiger partial charge in [-0.1, -0.05) is 0 Å². The number of hydrogen-bond acceptors (Lipinski definition) is 4. The van der Waals surface area contributed by atoms with E-state index in [4.69, 9.17) is 16.1 Å². The molecule has 1 saturated heterocycles. The van der Waals surface area contributed by atoms with Crippen LogP contribution in [0.2, 0.25) is 0 Å². The summed E-state index contributed by atoms with van der Waals surface area (Å²) in [5.74, 6) is 0. The molecule has 0 spiro atoms. The van der Waals surface area contributed by atoms with Gasteiger partial charge in [-0.15, -0.1) is 0 Å². The molecular formula is C12H14N4O2. The van der Waals surface area contributed by atoms with Gasteiger partial charge < -0.3 is 21.1 Å². The summed E-state index contributed by atoms with van der Waals surface area (Å²) >= 11 is 0. The Balaban J connectivity index is 2.03. The fraction of sp³-hybridized carbons (Fsp3) is 0.333. The number of nitrogen functional groups attached to an aromatic ring is 1. The standard InChI is InChI=1S/C12H14N4O2/c13-6-8-1-2-11(10(14)5-8)15-9-3-4-16(7-9)12(17)18/h1-2,5,9,15H,3-4,7,14H2,(H,17,18). The van der Waals surface area contributed by atoms with Crippen LogP contribution >= 0.6 is 0 Å². The highest BCUT2D eigenvalue weighted by Crippen LogP contribution is 2.23. The molecule has 1 unspecified atom stereocenters. The zero-order valence-electron chi connectivity index (χ0n) is 9.76. The highest BCUT2D eigenvalue weighted by atomic mass is 16.4. The number of nitrogens with zero attached hydrogens (tertiary/aromatic N) is 2. The highest BCUT2D eigenvalue weighted by Gasteiger charge is 2.25. The van der Waals surface area contributed by atoms with Crippen molar-refractivity contribution in [1.29, 1.82) is 5.26 Å². The summed E-state index contributed by atoms with van der Waals surface area (Å²) in [5.41, 5.74) is 7.58. The number of nitrogens with two attached hydrogens (primary N) is 1. The molecule has 1 aromatic rings. The van der Waals surface area contributed by atoms with Crippen LogP contribution in [0.3, 0.4) is 0 Å². The topological polar surface area (TPSA) is 102 Å². The van der Waals surface area contributed by atoms with Crippen molar-refractivity contribution in [3.63, 3.8) is 0 Å². The van der Waals surface area contributed by atoms with Crippen LogP contribution in [0.25, 0.3) is 0 Å². The van der Waals surface area contributed by atoms with Gasteiger partial charge in [-0.3, -0.25) is 0 Å². The summed E-state index contributed by atoms with van der Waals surface area (Å²) in [6, 6.07) is 7.12. The molecule has 94 valence electrons. The molecule has 6 nitrogen and oxygen atoms in total. The van der Waals surface area contributed by atoms with Crippen LogP contribution in [0.15, 0.2) is 18.2 Å². The van der Waals surface area contributed by atoms with Gasteiger partial charge in [0.1, 0.15) is 0 Å². The van der Waals surface area contributed by atoms with Gasteiger partial charge in [-0.25, -0.2) is 4.79 Å². The molecular weight excluding hydrogens is 232 g/mol. The maximum Gasteiger partial charge on any atom is 0.407 e. The molecule has 1 heterocycles. The van der Waals surface area contributed by atoms with Gasteiger partial charge in [0, 0.05) is 19.1 Å². The Morgan fingerprint density at radius 1 is 1.61 bits per heavy atom. The van der Waals surface area contributed by atoms with Gasteiger partial charge in [-0.05, 0) is 24.6 Å². The first-order valence-electron chi connectivity index (χ1n) is 5.64. The third-order valence-corrected chi connectivity index (χ3v) is 3.00. The Morgan fingerprint density at radius 3 is 2.94 bits per heavy atom. The minimum atomic E-state index is -0.896. The molecule has 4 N–H and O–H groups in total. The van der Waals surface area contributed by atoms with Gasteiger partial charge in [0.15, 0.2) is 0 Å². The number of anilines is 2. The lowest BCUT2D eigenvalue weighted by Gasteiger charge is -2.16. The zero-order chi connectivity index (χ0) is 13.1. The summed E-state index contributed by atoms with van der Waals surface area (Å²) in [6.45, 7) is 0.984. The summed E-state index contributed by atoms with van der Waals surface area (Å²) in [4.78, 5) is 12.2. The summed E-state index contributed by atoms with van der Waals surface area (Å²) < 4.78 is 0. The SMILES string of the molecule is N#Cc1ccc(NC2CCN(C(=O)O)C2)c(N)c1. The monoisotopic (exact) mass is 246 g/mol. The van der Waals surface area contributed by atoms with E-state index in [1.807, 2.05) is 6.07 Å². The molecule has 0 radical (unpaired) electrons. The van der Waals surface area contributed by atoms with Gasteiger partial charge in [0.2, 0.25) is 0 Å². The molecule has 0 saturated carbocycles. The number of benzene rings is 1. The van der Waals surface area contributed by atoms with E-state index in [1.54, 1.807) is 18.2 Å². The van der Waals surface area contributed by atoms with E-state index in [0.29, 0.717) is 24.3 Å². The van der Waals surface area contributed by atoms with E-state index < -0.39 is 6.09 Å². The molecule has 0 aromatic heterocycles. The molecule has 2 rings (SSSR count). The van der Waals surface area contributed by atoms with Crippen molar-refractivity contribution in [3.05, 3.63) is 23.8 Å². The number of nitrogens with one attached hydrogen (secondary N) is 1. The normalized spacial score (nSPS) is 18.4. The van der Waals surface area contributed by atoms with Crippen LogP contribution in [0, 0.1) is 11.3 Å². The van der Waals surface area contributed by atoms with Gasteiger partial charge in [0.05, 0.1) is 23.0 Å². The molecule has 1 aliphatic heterocycles. The van der Waals surface area contributed by atoms with Crippen LogP contribution in [0.4, 0.5) is 16.2 Å². The first-order chi connectivity index (χ1) is 8.60. The molecule has 1 atom stereocenters. The number of nitriles is 1. The average Bonchev–Trinajstić information content (AvgIpc) is 2.80. The maximum absolute atomic E-state index is 10.8. The molecule has 0 bridgehead atoms. The van der Waals surface area contributed by atoms with Gasteiger partial charge >= 0.3 is 6.09 Å². The van der Waals surface area contributed by atoms with E-state index in [2.05, 4.69) is 5.32 Å². The molecule has 6 heteroatoms. The second-order valence-electron chi connectivity index (χ2n) is 4.27. The fourth-order valence-electron chi connectivity index (χ4n) is 2.04. The highest BCUT2D eigenvalue weighted by molar-refractivity contribution is 5.69. The van der Waals surface area contributed by atoms with Crippen LogP contribution in [-0.2, 0) is 0 Å². The number of amides is 1. The van der Waals surface area contributed by atoms with E-state index >= 15 is 0 Å². The summed E-state index contributed by atoms with van der Waals surface area (Å²) in [6.07, 6.45) is -0.141. The van der Waals surface area contributed by atoms with Crippen LogP contribution < -0.4 is 11.1 Å². The first kappa shape index (κ1) is 12.0. The predicted octanol–water partition coefficient (Wildman–Crippen LogP) is 1.30. The van der Waals surface area contributed by atoms with E-state index in [-0.39, 0.29) is 6.04 Å². The maximum atomic E-state index is 10.8. The van der Waals surface area contributed by atoms with Crippen molar-refractivity contribution in [2.75, 3.05) is 24.1 Å². The average molecular weight is 246 g/mol.